The van der Waals surface area contributed by atoms with Gasteiger partial charge in [-0.25, -0.2) is 8.42 Å². The van der Waals surface area contributed by atoms with Crippen molar-refractivity contribution in [3.63, 3.8) is 0 Å². The fourth-order valence-corrected chi connectivity index (χ4v) is 11.3. The number of esters is 1. The molecule has 16 heteroatoms. The number of nitrogens with zero attached hydrogens (tertiary/aromatic N) is 3. The third-order valence-electron chi connectivity index (χ3n) is 13.3. The van der Waals surface area contributed by atoms with Crippen molar-refractivity contribution < 1.29 is 37.1 Å². The van der Waals surface area contributed by atoms with Crippen molar-refractivity contribution in [3.8, 4) is 6.01 Å². The molecule has 308 valence electrons. The molecule has 6 aliphatic rings. The number of ether oxygens (including phenoxy) is 2. The van der Waals surface area contributed by atoms with Gasteiger partial charge in [0.05, 0.1) is 35.0 Å². The van der Waals surface area contributed by atoms with Gasteiger partial charge in [0.2, 0.25) is 21.8 Å². The summed E-state index contributed by atoms with van der Waals surface area (Å²) < 4.78 is 41.9. The van der Waals surface area contributed by atoms with Gasteiger partial charge in [0, 0.05) is 18.0 Å². The highest BCUT2D eigenvalue weighted by molar-refractivity contribution is 7.91. The quantitative estimate of drug-likeness (QED) is 0.297. The predicted molar refractivity (Wildman–Crippen MR) is 211 cm³/mol. The largest absolute Gasteiger partial charge is 0.462 e. The van der Waals surface area contributed by atoms with E-state index in [-0.39, 0.29) is 73.7 Å². The SMILES string of the molecule is CC[C@@H]1C[C@]1(NC(=O)[C@@H]1C[C@@H]2CN1C(=O)[C@H](C1CCCC1)CC(=O)O[C@@H]1CCC[C@H]1CC/C=C/Cn1c(nc3cc(Cl)ccc3c1=O)O2)C(=O)NS(=O)(=O)C1CC1. The minimum Gasteiger partial charge on any atom is -0.462 e. The van der Waals surface area contributed by atoms with Crippen LogP contribution in [0.1, 0.15) is 103 Å². The zero-order chi connectivity index (χ0) is 40.1. The van der Waals surface area contributed by atoms with Gasteiger partial charge in [0.1, 0.15) is 23.8 Å². The molecule has 2 bridgehead atoms. The van der Waals surface area contributed by atoms with Gasteiger partial charge in [-0.15, -0.1) is 0 Å². The normalized spacial score (nSPS) is 31.7. The maximum atomic E-state index is 14.9. The fraction of sp³-hybridized carbons (Fsp3) is 0.659. The number of hydrogen-bond donors (Lipinski definition) is 2. The molecular weight excluding hydrogens is 774 g/mol. The predicted octanol–water partition coefficient (Wildman–Crippen LogP) is 4.55. The van der Waals surface area contributed by atoms with Crippen LogP contribution < -0.4 is 20.3 Å². The van der Waals surface area contributed by atoms with E-state index in [0.717, 1.165) is 57.8 Å². The Labute approximate surface area is 337 Å². The van der Waals surface area contributed by atoms with Crippen LogP contribution in [0.3, 0.4) is 0 Å². The summed E-state index contributed by atoms with van der Waals surface area (Å²) in [5.74, 6) is -3.12. The van der Waals surface area contributed by atoms with Crippen molar-refractivity contribution in [2.24, 2.45) is 23.7 Å². The van der Waals surface area contributed by atoms with Crippen LogP contribution in [-0.2, 0) is 40.5 Å². The topological polar surface area (TPSA) is 183 Å². The highest BCUT2D eigenvalue weighted by atomic mass is 35.5. The molecule has 2 N–H and O–H groups in total. The minimum absolute atomic E-state index is 0.00266. The average Bonchev–Trinajstić information content (AvgIpc) is 3.96. The summed E-state index contributed by atoms with van der Waals surface area (Å²) in [5, 5.41) is 3.03. The molecule has 1 aromatic carbocycles. The van der Waals surface area contributed by atoms with E-state index in [1.165, 1.54) is 9.47 Å². The molecule has 0 unspecified atom stereocenters. The third-order valence-corrected chi connectivity index (χ3v) is 15.3. The molecule has 3 heterocycles. The highest BCUT2D eigenvalue weighted by Gasteiger charge is 2.62. The fourth-order valence-electron chi connectivity index (χ4n) is 9.77. The second kappa shape index (κ2) is 16.0. The van der Waals surface area contributed by atoms with E-state index in [1.807, 2.05) is 19.1 Å². The summed E-state index contributed by atoms with van der Waals surface area (Å²) in [6, 6.07) is 3.73. The molecule has 57 heavy (non-hydrogen) atoms. The summed E-state index contributed by atoms with van der Waals surface area (Å²) in [6.07, 6.45) is 12.0. The van der Waals surface area contributed by atoms with E-state index in [0.29, 0.717) is 35.2 Å². The van der Waals surface area contributed by atoms with Gasteiger partial charge in [-0.05, 0) is 100 Å². The van der Waals surface area contributed by atoms with E-state index >= 15 is 0 Å². The molecule has 4 aliphatic carbocycles. The van der Waals surface area contributed by atoms with E-state index in [1.54, 1.807) is 18.2 Å². The van der Waals surface area contributed by atoms with Crippen molar-refractivity contribution in [2.45, 2.75) is 139 Å². The van der Waals surface area contributed by atoms with Crippen molar-refractivity contribution >= 4 is 56.2 Å². The van der Waals surface area contributed by atoms with Crippen molar-refractivity contribution in [1.82, 2.24) is 24.5 Å². The Morgan fingerprint density at radius 3 is 2.49 bits per heavy atom. The van der Waals surface area contributed by atoms with Crippen LogP contribution in [0.15, 0.2) is 35.1 Å². The molecule has 5 fully saturated rings. The zero-order valence-electron chi connectivity index (χ0n) is 32.3. The second-order valence-corrected chi connectivity index (χ2v) is 19.4. The van der Waals surface area contributed by atoms with Crippen molar-refractivity contribution in [3.05, 3.63) is 45.7 Å². The Kier molecular flexibility index (Phi) is 11.2. The number of amides is 3. The zero-order valence-corrected chi connectivity index (χ0v) is 33.9. The van der Waals surface area contributed by atoms with Crippen LogP contribution >= 0.6 is 11.6 Å². The lowest BCUT2D eigenvalue weighted by Crippen LogP contribution is -2.57. The molecule has 4 saturated carbocycles. The van der Waals surface area contributed by atoms with Crippen molar-refractivity contribution in [1.29, 1.82) is 0 Å². The molecule has 7 atom stereocenters. The van der Waals surface area contributed by atoms with Gasteiger partial charge < -0.3 is 19.7 Å². The number of sulfonamides is 1. The summed E-state index contributed by atoms with van der Waals surface area (Å²) in [4.78, 5) is 76.9. The maximum absolute atomic E-state index is 14.9. The maximum Gasteiger partial charge on any atom is 0.306 e. The van der Waals surface area contributed by atoms with E-state index in [2.05, 4.69) is 10.0 Å². The number of allylic oxidation sites excluding steroid dienone is 2. The van der Waals surface area contributed by atoms with Crippen LogP contribution in [0.25, 0.3) is 10.9 Å². The number of carbonyl (C=O) groups excluding carboxylic acids is 4. The van der Waals surface area contributed by atoms with Gasteiger partial charge >= 0.3 is 5.97 Å². The molecule has 0 spiro atoms. The van der Waals surface area contributed by atoms with Gasteiger partial charge in [-0.1, -0.05) is 49.9 Å². The Bertz CT molecular complexity index is 2130. The number of fused-ring (bicyclic) bond motifs is 5. The lowest BCUT2D eigenvalue weighted by Gasteiger charge is -2.32. The highest BCUT2D eigenvalue weighted by Crippen LogP contribution is 2.47. The molecule has 1 aromatic heterocycles. The molecule has 8 rings (SSSR count). The Morgan fingerprint density at radius 2 is 1.75 bits per heavy atom. The van der Waals surface area contributed by atoms with E-state index in [4.69, 9.17) is 26.1 Å². The van der Waals surface area contributed by atoms with Gasteiger partial charge in [-0.3, -0.25) is 33.3 Å². The van der Waals surface area contributed by atoms with Crippen LogP contribution in [0.4, 0.5) is 0 Å². The molecule has 1 saturated heterocycles. The number of halogens is 1. The lowest BCUT2D eigenvalue weighted by atomic mass is 9.86. The summed E-state index contributed by atoms with van der Waals surface area (Å²) in [6.45, 7) is 1.98. The Morgan fingerprint density at radius 1 is 0.982 bits per heavy atom. The van der Waals surface area contributed by atoms with E-state index in [9.17, 15) is 32.4 Å². The van der Waals surface area contributed by atoms with Crippen LogP contribution in [0, 0.1) is 23.7 Å². The first kappa shape index (κ1) is 39.8. The van der Waals surface area contributed by atoms with Gasteiger partial charge in [-0.2, -0.15) is 4.98 Å². The second-order valence-electron chi connectivity index (χ2n) is 17.0. The molecule has 3 amide bonds. The summed E-state index contributed by atoms with van der Waals surface area (Å²) >= 11 is 6.31. The Hall–Kier alpha value is -3.98. The summed E-state index contributed by atoms with van der Waals surface area (Å²) in [5.41, 5.74) is -1.44. The first-order valence-corrected chi connectivity index (χ1v) is 22.7. The first-order chi connectivity index (χ1) is 27.4. The molecule has 2 aromatic rings. The van der Waals surface area contributed by atoms with Crippen LogP contribution in [-0.4, -0.2) is 82.1 Å². The Balaban J connectivity index is 1.15. The van der Waals surface area contributed by atoms with Crippen molar-refractivity contribution in [2.75, 3.05) is 6.54 Å². The number of hydrogen-bond acceptors (Lipinski definition) is 10. The number of rotatable bonds is 7. The average molecular weight is 826 g/mol. The van der Waals surface area contributed by atoms with Gasteiger partial charge in [0.25, 0.3) is 17.5 Å². The molecule has 2 aliphatic heterocycles. The number of carbonyl (C=O) groups is 4. The lowest BCUT2D eigenvalue weighted by molar-refractivity contribution is -0.156. The molecule has 0 radical (unpaired) electrons. The molecular formula is C41H52ClN5O9S. The molecule has 14 nitrogen and oxygen atoms in total. The monoisotopic (exact) mass is 825 g/mol. The minimum atomic E-state index is -3.88. The van der Waals surface area contributed by atoms with E-state index < -0.39 is 56.7 Å². The third kappa shape index (κ3) is 8.20. The van der Waals surface area contributed by atoms with Crippen LogP contribution in [0.2, 0.25) is 5.02 Å². The van der Waals surface area contributed by atoms with Gasteiger partial charge in [0.15, 0.2) is 0 Å². The smallest absolute Gasteiger partial charge is 0.306 e. The van der Waals surface area contributed by atoms with Crippen LogP contribution in [0.5, 0.6) is 6.01 Å². The first-order valence-electron chi connectivity index (χ1n) is 20.8. The number of aromatic nitrogens is 2. The summed E-state index contributed by atoms with van der Waals surface area (Å²) in [7, 11) is -3.88. The number of nitrogens with one attached hydrogen (secondary N) is 2. The number of benzene rings is 1. The standard InChI is InChI=1S/C41H52ClN5O9S/c1-2-26-22-41(26,39(52)45-57(53,54)29-15-16-29)44-36(49)33-20-28-23-47(33)38(51)31(24-9-5-6-10-24)21-35(48)56-34-13-8-12-25(34)11-4-3-7-18-46-37(50)30-17-14-27(42)19-32(30)43-40(46)55-28/h3,7,14,17,19,24-26,28-29,31,33-34H,2,4-6,8-13,15-16,18,20-23H2,1H3,(H,44,49)(H,45,52)/b7-3+/t25-,26-,28-,31+,33+,34-,41-/m1/s1.